The van der Waals surface area contributed by atoms with E-state index in [2.05, 4.69) is 15.5 Å². The number of nitrogens with zero attached hydrogens (tertiary/aromatic N) is 3. The molecule has 13 heteroatoms. The lowest BCUT2D eigenvalue weighted by Crippen LogP contribution is -2.47. The lowest BCUT2D eigenvalue weighted by atomic mass is 9.78. The van der Waals surface area contributed by atoms with Crippen LogP contribution in [0.3, 0.4) is 0 Å². The van der Waals surface area contributed by atoms with Crippen LogP contribution in [0.4, 0.5) is 24.5 Å². The molecule has 274 valence electrons. The fourth-order valence-electron chi connectivity index (χ4n) is 7.95. The number of nitrogens with one attached hydrogen (secondary N) is 2. The van der Waals surface area contributed by atoms with Gasteiger partial charge >= 0.3 is 6.18 Å². The van der Waals surface area contributed by atoms with Crippen molar-refractivity contribution in [3.63, 3.8) is 0 Å². The van der Waals surface area contributed by atoms with Gasteiger partial charge in [0.1, 0.15) is 11.8 Å². The first-order chi connectivity index (χ1) is 24.2. The standard InChI is InChI=1S/C38H45ClF3N5O4/c1-22-23(2)37(50)45(3)20-28(22)26-17-31(39)29(34(18-26)51-4)21-46-13-9-24(10-14-46)25-11-15-47(16-12-25)33-7-5-27(19-30(33)38(40,41)42)43-32-6-8-35(48)44-36(32)49/h5,7,17-20,24-25,32,43H,6,8-16,21H2,1-4H3,(H,44,48,49). The molecule has 4 heterocycles. The van der Waals surface area contributed by atoms with Gasteiger partial charge in [-0.25, -0.2) is 0 Å². The molecule has 3 saturated heterocycles. The molecule has 0 bridgehead atoms. The Morgan fingerprint density at radius 3 is 2.24 bits per heavy atom. The third-order valence-corrected chi connectivity index (χ3v) is 11.4. The number of aryl methyl sites for hydroxylation is 1. The van der Waals surface area contributed by atoms with Gasteiger partial charge in [-0.05, 0) is 112 Å². The van der Waals surface area contributed by atoms with Crippen LogP contribution in [0.2, 0.25) is 5.02 Å². The first-order valence-electron chi connectivity index (χ1n) is 17.6. The maximum atomic E-state index is 14.3. The number of anilines is 2. The molecule has 0 spiro atoms. The summed E-state index contributed by atoms with van der Waals surface area (Å²) in [6.07, 6.45) is 1.30. The van der Waals surface area contributed by atoms with Gasteiger partial charge in [0.25, 0.3) is 5.56 Å². The molecule has 3 aliphatic rings. The van der Waals surface area contributed by atoms with Crippen LogP contribution in [-0.4, -0.2) is 60.6 Å². The molecular weight excluding hydrogens is 683 g/mol. The molecule has 2 N–H and O–H groups in total. The summed E-state index contributed by atoms with van der Waals surface area (Å²) in [6.45, 7) is 7.29. The third kappa shape index (κ3) is 7.91. The van der Waals surface area contributed by atoms with E-state index in [-0.39, 0.29) is 35.7 Å². The number of rotatable bonds is 8. The molecule has 6 rings (SSSR count). The molecule has 1 unspecified atom stereocenters. The second-order valence-electron chi connectivity index (χ2n) is 14.2. The van der Waals surface area contributed by atoms with Crippen LogP contribution < -0.4 is 25.8 Å². The lowest BCUT2D eigenvalue weighted by Gasteiger charge is -2.41. The zero-order valence-corrected chi connectivity index (χ0v) is 30.2. The molecule has 1 aromatic heterocycles. The number of ether oxygens (including phenoxy) is 1. The van der Waals surface area contributed by atoms with Crippen LogP contribution in [0.5, 0.6) is 5.75 Å². The van der Waals surface area contributed by atoms with Gasteiger partial charge in [-0.15, -0.1) is 0 Å². The van der Waals surface area contributed by atoms with Crippen LogP contribution >= 0.6 is 11.6 Å². The van der Waals surface area contributed by atoms with Gasteiger partial charge in [-0.3, -0.25) is 24.6 Å². The van der Waals surface area contributed by atoms with Gasteiger partial charge in [0.2, 0.25) is 11.8 Å². The number of hydrogen-bond acceptors (Lipinski definition) is 7. The van der Waals surface area contributed by atoms with Crippen LogP contribution in [0.1, 0.15) is 60.8 Å². The van der Waals surface area contributed by atoms with E-state index in [9.17, 15) is 27.6 Å². The van der Waals surface area contributed by atoms with Gasteiger partial charge in [-0.2, -0.15) is 13.2 Å². The van der Waals surface area contributed by atoms with E-state index < -0.39 is 23.7 Å². The second kappa shape index (κ2) is 14.9. The van der Waals surface area contributed by atoms with E-state index in [0.29, 0.717) is 47.8 Å². The highest BCUT2D eigenvalue weighted by Crippen LogP contribution is 2.42. The average Bonchev–Trinajstić information content (AvgIpc) is 3.11. The Morgan fingerprint density at radius 2 is 1.61 bits per heavy atom. The van der Waals surface area contributed by atoms with Gasteiger partial charge in [0.15, 0.2) is 0 Å². The summed E-state index contributed by atoms with van der Waals surface area (Å²) in [6, 6.07) is 7.31. The first-order valence-corrected chi connectivity index (χ1v) is 17.9. The third-order valence-electron chi connectivity index (χ3n) is 11.1. The number of likely N-dealkylation sites (tertiary alicyclic amines) is 1. The number of alkyl halides is 3. The molecule has 0 radical (unpaired) electrons. The second-order valence-corrected chi connectivity index (χ2v) is 14.6. The summed E-state index contributed by atoms with van der Waals surface area (Å²) < 4.78 is 50.2. The van der Waals surface area contributed by atoms with Gasteiger partial charge in [-0.1, -0.05) is 11.6 Å². The minimum Gasteiger partial charge on any atom is -0.496 e. The number of carbonyl (C=O) groups is 2. The predicted octanol–water partition coefficient (Wildman–Crippen LogP) is 6.70. The number of pyridine rings is 1. The van der Waals surface area contributed by atoms with E-state index >= 15 is 0 Å². The van der Waals surface area contributed by atoms with Gasteiger partial charge in [0.05, 0.1) is 12.7 Å². The number of imide groups is 1. The van der Waals surface area contributed by atoms with E-state index in [1.54, 1.807) is 24.8 Å². The minimum atomic E-state index is -4.56. The summed E-state index contributed by atoms with van der Waals surface area (Å²) >= 11 is 6.88. The molecule has 2 aromatic carbocycles. The average molecular weight is 728 g/mol. The quantitative estimate of drug-likeness (QED) is 0.250. The number of methoxy groups -OCH3 is 1. The topological polar surface area (TPSA) is 95.9 Å². The number of carbonyl (C=O) groups excluding carboxylic acids is 2. The molecule has 0 aliphatic carbocycles. The number of hydrogen-bond donors (Lipinski definition) is 2. The summed E-state index contributed by atoms with van der Waals surface area (Å²) in [4.78, 5) is 40.2. The van der Waals surface area contributed by atoms with Gasteiger partial charge < -0.3 is 19.5 Å². The molecule has 3 aromatic rings. The highest BCUT2D eigenvalue weighted by Gasteiger charge is 2.38. The van der Waals surface area contributed by atoms with Crippen molar-refractivity contribution in [1.29, 1.82) is 0 Å². The Kier molecular flexibility index (Phi) is 10.7. The Morgan fingerprint density at radius 1 is 0.941 bits per heavy atom. The van der Waals surface area contributed by atoms with Crippen molar-refractivity contribution in [3.05, 3.63) is 74.2 Å². The SMILES string of the molecule is COc1cc(-c2cn(C)c(=O)c(C)c2C)cc(Cl)c1CN1CCC(C2CCN(c3ccc(NC4CCC(=O)NC4=O)cc3C(F)(F)F)CC2)CC1. The summed E-state index contributed by atoms with van der Waals surface area (Å²) in [7, 11) is 3.38. The highest BCUT2D eigenvalue weighted by atomic mass is 35.5. The predicted molar refractivity (Wildman–Crippen MR) is 192 cm³/mol. The van der Waals surface area contributed by atoms with Crippen molar-refractivity contribution in [3.8, 4) is 16.9 Å². The van der Waals surface area contributed by atoms with Crippen molar-refractivity contribution in [2.45, 2.75) is 71.1 Å². The molecule has 51 heavy (non-hydrogen) atoms. The first kappa shape index (κ1) is 36.8. The van der Waals surface area contributed by atoms with E-state index in [4.69, 9.17) is 16.3 Å². The molecule has 1 atom stereocenters. The summed E-state index contributed by atoms with van der Waals surface area (Å²) in [5, 5.41) is 5.72. The van der Waals surface area contributed by atoms with E-state index in [1.807, 2.05) is 37.1 Å². The highest BCUT2D eigenvalue weighted by molar-refractivity contribution is 6.32. The zero-order chi connectivity index (χ0) is 36.6. The normalized spacial score (nSPS) is 19.7. The van der Waals surface area contributed by atoms with Gasteiger partial charge in [0, 0.05) is 72.4 Å². The van der Waals surface area contributed by atoms with Crippen LogP contribution in [0.15, 0.2) is 41.3 Å². The number of benzene rings is 2. The molecule has 2 amide bonds. The largest absolute Gasteiger partial charge is 0.496 e. The number of piperidine rings is 3. The maximum Gasteiger partial charge on any atom is 0.418 e. The van der Waals surface area contributed by atoms with Crippen LogP contribution in [0.25, 0.3) is 11.1 Å². The zero-order valence-electron chi connectivity index (χ0n) is 29.5. The van der Waals surface area contributed by atoms with Crippen molar-refractivity contribution < 1.29 is 27.5 Å². The molecule has 0 saturated carbocycles. The van der Waals surface area contributed by atoms with Crippen molar-refractivity contribution in [1.82, 2.24) is 14.8 Å². The smallest absolute Gasteiger partial charge is 0.418 e. The summed E-state index contributed by atoms with van der Waals surface area (Å²) in [5.41, 5.74) is 3.96. The molecule has 9 nitrogen and oxygen atoms in total. The summed E-state index contributed by atoms with van der Waals surface area (Å²) in [5.74, 6) is 0.740. The molecule has 3 fully saturated rings. The maximum absolute atomic E-state index is 14.3. The number of halogens is 4. The Labute approximate surface area is 301 Å². The molecule has 3 aliphatic heterocycles. The fraction of sp³-hybridized carbons (Fsp3) is 0.500. The van der Waals surface area contributed by atoms with Crippen molar-refractivity contribution in [2.75, 3.05) is 43.5 Å². The number of amides is 2. The minimum absolute atomic E-state index is 0.0247. The molecular formula is C38H45ClF3N5O4. The monoisotopic (exact) mass is 727 g/mol. The lowest BCUT2D eigenvalue weighted by molar-refractivity contribution is -0.137. The fourth-order valence-corrected chi connectivity index (χ4v) is 8.22. The van der Waals surface area contributed by atoms with Crippen LogP contribution in [-0.2, 0) is 29.4 Å². The van der Waals surface area contributed by atoms with Crippen LogP contribution in [0, 0.1) is 25.7 Å². The van der Waals surface area contributed by atoms with E-state index in [0.717, 1.165) is 67.1 Å². The van der Waals surface area contributed by atoms with Crippen molar-refractivity contribution >= 4 is 34.8 Å². The van der Waals surface area contributed by atoms with Crippen molar-refractivity contribution in [2.24, 2.45) is 18.9 Å². The Hall–Kier alpha value is -4.03. The van der Waals surface area contributed by atoms with E-state index in [1.165, 1.54) is 6.07 Å². The Bertz CT molecular complexity index is 1860. The number of aromatic nitrogens is 1. The Balaban J connectivity index is 1.06.